The average molecular weight is 317 g/mol. The molecule has 22 heavy (non-hydrogen) atoms. The highest BCUT2D eigenvalue weighted by Crippen LogP contribution is 2.23. The minimum atomic E-state index is -3.71. The summed E-state index contributed by atoms with van der Waals surface area (Å²) >= 11 is 0. The van der Waals surface area contributed by atoms with E-state index in [0.29, 0.717) is 22.4 Å². The molecule has 0 heterocycles. The van der Waals surface area contributed by atoms with Gasteiger partial charge in [0.1, 0.15) is 5.75 Å². The molecule has 0 bridgehead atoms. The van der Waals surface area contributed by atoms with E-state index in [9.17, 15) is 8.42 Å². The maximum Gasteiger partial charge on any atom is 0.282 e. The Morgan fingerprint density at radius 2 is 1.55 bits per heavy atom. The van der Waals surface area contributed by atoms with Crippen LogP contribution < -0.4 is 4.74 Å². The SMILES string of the molecule is COc1ccc(/C=N/S(=O)(=O)c2c(C)cc(C)cc2C)cc1. The lowest BCUT2D eigenvalue weighted by atomic mass is 10.1. The van der Waals surface area contributed by atoms with Gasteiger partial charge in [-0.3, -0.25) is 0 Å². The van der Waals surface area contributed by atoms with Gasteiger partial charge in [0.05, 0.1) is 12.0 Å². The van der Waals surface area contributed by atoms with E-state index in [1.54, 1.807) is 45.2 Å². The second-order valence-electron chi connectivity index (χ2n) is 5.21. The molecule has 0 saturated heterocycles. The molecule has 2 aromatic rings. The van der Waals surface area contributed by atoms with E-state index in [0.717, 1.165) is 5.56 Å². The number of hydrogen-bond acceptors (Lipinski definition) is 3. The standard InChI is InChI=1S/C17H19NO3S/c1-12-9-13(2)17(14(3)10-12)22(19,20)18-11-15-5-7-16(21-4)8-6-15/h5-11H,1-4H3/b18-11+. The quantitative estimate of drug-likeness (QED) is 0.812. The van der Waals surface area contributed by atoms with Gasteiger partial charge in [-0.1, -0.05) is 17.7 Å². The summed E-state index contributed by atoms with van der Waals surface area (Å²) in [5, 5.41) is 0. The van der Waals surface area contributed by atoms with Crippen molar-refractivity contribution in [3.8, 4) is 5.75 Å². The van der Waals surface area contributed by atoms with Crippen LogP contribution in [0.25, 0.3) is 0 Å². The molecule has 2 rings (SSSR count). The van der Waals surface area contributed by atoms with Crippen LogP contribution in [0.4, 0.5) is 0 Å². The molecule has 0 aliphatic carbocycles. The molecule has 0 unspecified atom stereocenters. The molecular formula is C17H19NO3S. The van der Waals surface area contributed by atoms with Crippen LogP contribution in [0, 0.1) is 20.8 Å². The zero-order valence-corrected chi connectivity index (χ0v) is 13.9. The van der Waals surface area contributed by atoms with Crippen LogP contribution in [0.2, 0.25) is 0 Å². The third kappa shape index (κ3) is 3.54. The third-order valence-electron chi connectivity index (χ3n) is 3.32. The minimum Gasteiger partial charge on any atom is -0.497 e. The van der Waals surface area contributed by atoms with Gasteiger partial charge in [-0.25, -0.2) is 0 Å². The van der Waals surface area contributed by atoms with Gasteiger partial charge in [0.15, 0.2) is 0 Å². The van der Waals surface area contributed by atoms with Crippen molar-refractivity contribution < 1.29 is 13.2 Å². The summed E-state index contributed by atoms with van der Waals surface area (Å²) in [6.45, 7) is 5.52. The Bertz CT molecular complexity index is 783. The van der Waals surface area contributed by atoms with Gasteiger partial charge in [-0.05, 0) is 61.7 Å². The molecular weight excluding hydrogens is 298 g/mol. The number of rotatable bonds is 4. The van der Waals surface area contributed by atoms with Gasteiger partial charge in [-0.15, -0.1) is 0 Å². The third-order valence-corrected chi connectivity index (χ3v) is 4.86. The number of sulfonamides is 1. The van der Waals surface area contributed by atoms with E-state index in [-0.39, 0.29) is 4.90 Å². The highest BCUT2D eigenvalue weighted by molar-refractivity contribution is 7.90. The van der Waals surface area contributed by atoms with E-state index in [1.165, 1.54) is 6.21 Å². The van der Waals surface area contributed by atoms with Crippen molar-refractivity contribution in [2.24, 2.45) is 4.40 Å². The zero-order chi connectivity index (χ0) is 16.3. The Labute approximate surface area is 131 Å². The summed E-state index contributed by atoms with van der Waals surface area (Å²) < 4.78 is 33.8. The number of nitrogens with zero attached hydrogens (tertiary/aromatic N) is 1. The van der Waals surface area contributed by atoms with E-state index in [4.69, 9.17) is 4.74 Å². The Morgan fingerprint density at radius 1 is 1.00 bits per heavy atom. The van der Waals surface area contributed by atoms with Gasteiger partial charge in [0.25, 0.3) is 10.0 Å². The number of hydrogen-bond donors (Lipinski definition) is 0. The molecule has 0 spiro atoms. The molecule has 2 aromatic carbocycles. The van der Waals surface area contributed by atoms with Crippen molar-refractivity contribution in [2.75, 3.05) is 7.11 Å². The molecule has 0 aromatic heterocycles. The molecule has 0 aliphatic rings. The van der Waals surface area contributed by atoms with Crippen molar-refractivity contribution in [1.29, 1.82) is 0 Å². The van der Waals surface area contributed by atoms with Crippen LogP contribution in [0.3, 0.4) is 0 Å². The normalized spacial score (nSPS) is 11.8. The first-order valence-corrected chi connectivity index (χ1v) is 8.30. The largest absolute Gasteiger partial charge is 0.497 e. The summed E-state index contributed by atoms with van der Waals surface area (Å²) in [5.74, 6) is 0.713. The molecule has 0 fully saturated rings. The fraction of sp³-hybridized carbons (Fsp3) is 0.235. The van der Waals surface area contributed by atoms with Crippen molar-refractivity contribution >= 4 is 16.2 Å². The van der Waals surface area contributed by atoms with Crippen molar-refractivity contribution in [2.45, 2.75) is 25.7 Å². The Hall–Kier alpha value is -2.14. The van der Waals surface area contributed by atoms with E-state index >= 15 is 0 Å². The van der Waals surface area contributed by atoms with Gasteiger partial charge < -0.3 is 4.74 Å². The second kappa shape index (κ2) is 6.32. The molecule has 0 saturated carbocycles. The van der Waals surface area contributed by atoms with Gasteiger partial charge in [-0.2, -0.15) is 12.8 Å². The predicted molar refractivity (Wildman–Crippen MR) is 88.4 cm³/mol. The zero-order valence-electron chi connectivity index (χ0n) is 13.1. The number of benzene rings is 2. The molecule has 116 valence electrons. The molecule has 0 atom stereocenters. The number of ether oxygens (including phenoxy) is 1. The van der Waals surface area contributed by atoms with Crippen LogP contribution >= 0.6 is 0 Å². The number of methoxy groups -OCH3 is 1. The summed E-state index contributed by atoms with van der Waals surface area (Å²) in [6.07, 6.45) is 1.35. The summed E-state index contributed by atoms with van der Waals surface area (Å²) in [7, 11) is -2.13. The molecule has 5 heteroatoms. The van der Waals surface area contributed by atoms with Gasteiger partial charge in [0.2, 0.25) is 0 Å². The lowest BCUT2D eigenvalue weighted by molar-refractivity contribution is 0.415. The van der Waals surface area contributed by atoms with Crippen LogP contribution in [-0.4, -0.2) is 21.7 Å². The summed E-state index contributed by atoms with van der Waals surface area (Å²) in [6, 6.07) is 10.7. The molecule has 0 amide bonds. The van der Waals surface area contributed by atoms with Crippen LogP contribution in [-0.2, 0) is 10.0 Å². The Kier molecular flexibility index (Phi) is 4.66. The molecule has 0 N–H and O–H groups in total. The smallest absolute Gasteiger partial charge is 0.282 e. The summed E-state index contributed by atoms with van der Waals surface area (Å²) in [5.41, 5.74) is 3.16. The average Bonchev–Trinajstić information content (AvgIpc) is 2.44. The Balaban J connectivity index is 2.37. The highest BCUT2D eigenvalue weighted by Gasteiger charge is 2.18. The van der Waals surface area contributed by atoms with Crippen LogP contribution in [0.5, 0.6) is 5.75 Å². The van der Waals surface area contributed by atoms with Gasteiger partial charge >= 0.3 is 0 Å². The first-order chi connectivity index (χ1) is 10.3. The monoisotopic (exact) mass is 317 g/mol. The van der Waals surface area contributed by atoms with Gasteiger partial charge in [0, 0.05) is 6.21 Å². The van der Waals surface area contributed by atoms with Crippen LogP contribution in [0.1, 0.15) is 22.3 Å². The lowest BCUT2D eigenvalue weighted by Crippen LogP contribution is -2.04. The topological polar surface area (TPSA) is 55.7 Å². The van der Waals surface area contributed by atoms with Crippen LogP contribution in [0.15, 0.2) is 45.7 Å². The first kappa shape index (κ1) is 16.2. The second-order valence-corrected chi connectivity index (χ2v) is 6.78. The van der Waals surface area contributed by atoms with E-state index in [1.807, 2.05) is 19.1 Å². The maximum atomic E-state index is 12.5. The van der Waals surface area contributed by atoms with E-state index in [2.05, 4.69) is 4.40 Å². The fourth-order valence-electron chi connectivity index (χ4n) is 2.45. The minimum absolute atomic E-state index is 0.280. The van der Waals surface area contributed by atoms with Crippen molar-refractivity contribution in [3.05, 3.63) is 58.7 Å². The lowest BCUT2D eigenvalue weighted by Gasteiger charge is -2.08. The fourth-order valence-corrected chi connectivity index (χ4v) is 3.74. The first-order valence-electron chi connectivity index (χ1n) is 6.86. The van der Waals surface area contributed by atoms with Crippen molar-refractivity contribution in [1.82, 2.24) is 0 Å². The number of aryl methyl sites for hydroxylation is 3. The highest BCUT2D eigenvalue weighted by atomic mass is 32.2. The molecule has 4 nitrogen and oxygen atoms in total. The summed E-state index contributed by atoms with van der Waals surface area (Å²) in [4.78, 5) is 0.280. The molecule has 0 radical (unpaired) electrons. The van der Waals surface area contributed by atoms with E-state index < -0.39 is 10.0 Å². The predicted octanol–water partition coefficient (Wildman–Crippen LogP) is 3.43. The molecule has 0 aliphatic heterocycles. The Morgan fingerprint density at radius 3 is 2.05 bits per heavy atom. The maximum absolute atomic E-state index is 12.5. The van der Waals surface area contributed by atoms with Crippen molar-refractivity contribution in [3.63, 3.8) is 0 Å².